The minimum Gasteiger partial charge on any atom is -0.347 e. The van der Waals surface area contributed by atoms with E-state index in [1.807, 2.05) is 6.92 Å². The van der Waals surface area contributed by atoms with Crippen LogP contribution in [0.15, 0.2) is 6.07 Å². The predicted molar refractivity (Wildman–Crippen MR) is 77.8 cm³/mol. The van der Waals surface area contributed by atoms with Crippen molar-refractivity contribution in [1.82, 2.24) is 5.32 Å². The Morgan fingerprint density at radius 2 is 2.22 bits per heavy atom. The molecule has 0 fully saturated rings. The van der Waals surface area contributed by atoms with E-state index in [0.717, 1.165) is 24.1 Å². The second-order valence-corrected chi connectivity index (χ2v) is 6.30. The summed E-state index contributed by atoms with van der Waals surface area (Å²) in [7, 11) is 0. The van der Waals surface area contributed by atoms with E-state index in [4.69, 9.17) is 11.6 Å². The number of aryl methyl sites for hydroxylation is 2. The van der Waals surface area contributed by atoms with Crippen molar-refractivity contribution in [2.24, 2.45) is 0 Å². The van der Waals surface area contributed by atoms with E-state index in [1.54, 1.807) is 11.3 Å². The second kappa shape index (κ2) is 6.58. The molecule has 0 spiro atoms. The van der Waals surface area contributed by atoms with Crippen molar-refractivity contribution in [2.75, 3.05) is 5.88 Å². The van der Waals surface area contributed by atoms with Crippen LogP contribution in [0.4, 0.5) is 0 Å². The van der Waals surface area contributed by atoms with Gasteiger partial charge in [-0.15, -0.1) is 22.9 Å². The molecule has 100 valence electrons. The van der Waals surface area contributed by atoms with Crippen LogP contribution in [-0.4, -0.2) is 17.8 Å². The number of carbonyl (C=O) groups is 1. The molecule has 1 aliphatic rings. The largest absolute Gasteiger partial charge is 0.347 e. The number of rotatable bonds is 4. The summed E-state index contributed by atoms with van der Waals surface area (Å²) in [5, 5.41) is 3.00. The summed E-state index contributed by atoms with van der Waals surface area (Å²) in [6.07, 6.45) is 6.97. The van der Waals surface area contributed by atoms with Gasteiger partial charge >= 0.3 is 0 Å². The van der Waals surface area contributed by atoms with Crippen molar-refractivity contribution in [3.63, 3.8) is 0 Å². The fourth-order valence-corrected chi connectivity index (χ4v) is 3.74. The molecule has 18 heavy (non-hydrogen) atoms. The molecule has 0 aromatic carbocycles. The van der Waals surface area contributed by atoms with E-state index < -0.39 is 0 Å². The molecule has 0 radical (unpaired) electrons. The van der Waals surface area contributed by atoms with Crippen molar-refractivity contribution < 1.29 is 4.79 Å². The molecule has 2 nitrogen and oxygen atoms in total. The van der Waals surface area contributed by atoms with Crippen LogP contribution in [0.3, 0.4) is 0 Å². The van der Waals surface area contributed by atoms with Crippen LogP contribution in [0, 0.1) is 0 Å². The predicted octanol–water partition coefficient (Wildman–Crippen LogP) is 3.76. The van der Waals surface area contributed by atoms with E-state index >= 15 is 0 Å². The smallest absolute Gasteiger partial charge is 0.261 e. The van der Waals surface area contributed by atoms with Crippen molar-refractivity contribution >= 4 is 28.8 Å². The van der Waals surface area contributed by atoms with Crippen LogP contribution >= 0.6 is 22.9 Å². The zero-order valence-corrected chi connectivity index (χ0v) is 12.4. The Labute approximate surface area is 118 Å². The van der Waals surface area contributed by atoms with Gasteiger partial charge in [0.1, 0.15) is 0 Å². The van der Waals surface area contributed by atoms with Crippen molar-refractivity contribution in [1.29, 1.82) is 0 Å². The summed E-state index contributed by atoms with van der Waals surface area (Å²) >= 11 is 7.48. The van der Waals surface area contributed by atoms with E-state index in [-0.39, 0.29) is 11.9 Å². The van der Waals surface area contributed by atoms with Crippen LogP contribution in [0.25, 0.3) is 0 Å². The Balaban J connectivity index is 2.07. The lowest BCUT2D eigenvalue weighted by Crippen LogP contribution is -2.35. The zero-order chi connectivity index (χ0) is 13.0. The third-order valence-corrected chi connectivity index (χ3v) is 5.09. The summed E-state index contributed by atoms with van der Waals surface area (Å²) in [6, 6.07) is 2.17. The molecular formula is C14H20ClNOS. The number of alkyl halides is 1. The molecule has 1 amide bonds. The number of halogens is 1. The molecule has 1 unspecified atom stereocenters. The molecule has 0 saturated carbocycles. The maximum Gasteiger partial charge on any atom is 0.261 e. The highest BCUT2D eigenvalue weighted by Gasteiger charge is 2.18. The molecule has 0 bridgehead atoms. The first kappa shape index (κ1) is 13.9. The quantitative estimate of drug-likeness (QED) is 0.662. The van der Waals surface area contributed by atoms with Gasteiger partial charge in [0.15, 0.2) is 0 Å². The normalized spacial score (nSPS) is 16.8. The number of hydrogen-bond donors (Lipinski definition) is 1. The average Bonchev–Trinajstić information content (AvgIpc) is 2.67. The fraction of sp³-hybridized carbons (Fsp3) is 0.643. The van der Waals surface area contributed by atoms with Crippen LogP contribution < -0.4 is 5.32 Å². The number of hydrogen-bond acceptors (Lipinski definition) is 2. The van der Waals surface area contributed by atoms with Gasteiger partial charge in [-0.1, -0.05) is 13.3 Å². The summed E-state index contributed by atoms with van der Waals surface area (Å²) < 4.78 is 0. The van der Waals surface area contributed by atoms with Gasteiger partial charge in [-0.3, -0.25) is 4.79 Å². The first-order valence-electron chi connectivity index (χ1n) is 6.73. The first-order chi connectivity index (χ1) is 8.74. The molecule has 1 heterocycles. The Kier molecular flexibility index (Phi) is 5.07. The van der Waals surface area contributed by atoms with Crippen molar-refractivity contribution in [2.45, 2.75) is 51.5 Å². The van der Waals surface area contributed by atoms with E-state index in [1.165, 1.54) is 29.7 Å². The van der Waals surface area contributed by atoms with Crippen LogP contribution in [0.5, 0.6) is 0 Å². The lowest BCUT2D eigenvalue weighted by Gasteiger charge is -2.12. The molecule has 1 N–H and O–H groups in total. The minimum atomic E-state index is 0.0422. The number of carbonyl (C=O) groups excluding carboxylic acids is 1. The summed E-state index contributed by atoms with van der Waals surface area (Å²) in [5.41, 5.74) is 1.39. The first-order valence-corrected chi connectivity index (χ1v) is 8.08. The molecular weight excluding hydrogens is 266 g/mol. The lowest BCUT2D eigenvalue weighted by molar-refractivity contribution is 0.0944. The van der Waals surface area contributed by atoms with E-state index in [2.05, 4.69) is 11.4 Å². The Morgan fingerprint density at radius 1 is 1.44 bits per heavy atom. The number of amides is 1. The van der Waals surface area contributed by atoms with Crippen LogP contribution in [0.2, 0.25) is 0 Å². The third-order valence-electron chi connectivity index (χ3n) is 3.48. The Bertz CT molecular complexity index is 388. The topological polar surface area (TPSA) is 29.1 Å². The van der Waals surface area contributed by atoms with Gasteiger partial charge in [-0.2, -0.15) is 0 Å². The molecule has 4 heteroatoms. The van der Waals surface area contributed by atoms with Crippen LogP contribution in [-0.2, 0) is 12.8 Å². The monoisotopic (exact) mass is 285 g/mol. The van der Waals surface area contributed by atoms with Gasteiger partial charge in [0.05, 0.1) is 4.88 Å². The van der Waals surface area contributed by atoms with Gasteiger partial charge in [0.25, 0.3) is 5.91 Å². The van der Waals surface area contributed by atoms with Gasteiger partial charge in [-0.25, -0.2) is 0 Å². The highest BCUT2D eigenvalue weighted by atomic mass is 35.5. The van der Waals surface area contributed by atoms with Crippen molar-refractivity contribution in [3.8, 4) is 0 Å². The maximum absolute atomic E-state index is 12.1. The molecule has 1 aromatic rings. The van der Waals surface area contributed by atoms with Gasteiger partial charge < -0.3 is 5.32 Å². The fourth-order valence-electron chi connectivity index (χ4n) is 2.29. The summed E-state index contributed by atoms with van der Waals surface area (Å²) in [4.78, 5) is 14.4. The molecule has 0 saturated heterocycles. The molecule has 0 aliphatic heterocycles. The number of fused-ring (bicyclic) bond motifs is 1. The summed E-state index contributed by atoms with van der Waals surface area (Å²) in [6.45, 7) is 2.04. The van der Waals surface area contributed by atoms with Gasteiger partial charge in [0.2, 0.25) is 0 Å². The third kappa shape index (κ3) is 3.27. The number of thiophene rings is 1. The van der Waals surface area contributed by atoms with Gasteiger partial charge in [-0.05, 0) is 43.7 Å². The summed E-state index contributed by atoms with van der Waals surface area (Å²) in [5.74, 6) is 0.522. The van der Waals surface area contributed by atoms with E-state index in [0.29, 0.717) is 5.88 Å². The lowest BCUT2D eigenvalue weighted by atomic mass is 10.1. The highest BCUT2D eigenvalue weighted by molar-refractivity contribution is 7.14. The second-order valence-electron chi connectivity index (χ2n) is 4.85. The number of nitrogens with one attached hydrogen (secondary N) is 1. The van der Waals surface area contributed by atoms with Crippen LogP contribution in [0.1, 0.15) is 52.7 Å². The molecule has 1 atom stereocenters. The SMILES string of the molecule is CCC(CCl)NC(=O)c1cc2c(s1)CCCCC2. The Hall–Kier alpha value is -0.540. The standard InChI is InChI=1S/C14H20ClNOS/c1-2-11(9-15)16-14(17)13-8-10-6-4-3-5-7-12(10)18-13/h8,11H,2-7,9H2,1H3,(H,16,17). The average molecular weight is 286 g/mol. The maximum atomic E-state index is 12.1. The minimum absolute atomic E-state index is 0.0422. The van der Waals surface area contributed by atoms with Gasteiger partial charge in [0, 0.05) is 16.8 Å². The highest BCUT2D eigenvalue weighted by Crippen LogP contribution is 2.28. The van der Waals surface area contributed by atoms with Crippen molar-refractivity contribution in [3.05, 3.63) is 21.4 Å². The molecule has 1 aromatic heterocycles. The molecule has 1 aliphatic carbocycles. The Morgan fingerprint density at radius 3 is 2.94 bits per heavy atom. The van der Waals surface area contributed by atoms with E-state index in [9.17, 15) is 4.79 Å². The molecule has 2 rings (SSSR count). The zero-order valence-electron chi connectivity index (χ0n) is 10.8.